The highest BCUT2D eigenvalue weighted by atomic mass is 35.5. The van der Waals surface area contributed by atoms with E-state index in [1.807, 2.05) is 0 Å². The monoisotopic (exact) mass is 475 g/mol. The van der Waals surface area contributed by atoms with Gasteiger partial charge in [-0.15, -0.1) is 0 Å². The Morgan fingerprint density at radius 3 is 2.67 bits per heavy atom. The molecule has 178 valence electrons. The average molecular weight is 476 g/mol. The van der Waals surface area contributed by atoms with Crippen molar-refractivity contribution in [2.24, 2.45) is 28.9 Å². The van der Waals surface area contributed by atoms with E-state index in [0.29, 0.717) is 60.8 Å². The summed E-state index contributed by atoms with van der Waals surface area (Å²) in [6.45, 7) is 0.928. The van der Waals surface area contributed by atoms with E-state index >= 15 is 0 Å². The zero-order chi connectivity index (χ0) is 22.9. The molecule has 0 unspecified atom stereocenters. The van der Waals surface area contributed by atoms with Crippen LogP contribution in [0.2, 0.25) is 5.28 Å². The quantitative estimate of drug-likeness (QED) is 0.264. The second kappa shape index (κ2) is 7.76. The van der Waals surface area contributed by atoms with Gasteiger partial charge in [0.2, 0.25) is 11.2 Å². The van der Waals surface area contributed by atoms with Crippen LogP contribution in [0.3, 0.4) is 0 Å². The van der Waals surface area contributed by atoms with Crippen LogP contribution in [0, 0.1) is 23.2 Å². The Morgan fingerprint density at radius 2 is 2.00 bits per heavy atom. The number of nitrogens with zero attached hydrogens (tertiary/aromatic N) is 4. The standard InChI is InChI=1S/C22H30ClN7O3/c23-21-28-18(27-13(10-2-3-10)11-4-5-11)14-19(29-21)30(9-26-14)15-12-8-22(12,17(32)16(15)31)20(33)25-7-1-6-24/h9-13,15-17,31-32H,1-8,24H2,(H,25,33)(H,27,28,29)/t12-,15-,16+,17+,22+/m1/s1. The fourth-order valence-corrected chi connectivity index (χ4v) is 6.08. The molecule has 0 saturated heterocycles. The molecule has 4 aliphatic rings. The van der Waals surface area contributed by atoms with E-state index in [0.717, 1.165) is 0 Å². The van der Waals surface area contributed by atoms with Gasteiger partial charge >= 0.3 is 0 Å². The van der Waals surface area contributed by atoms with Gasteiger partial charge < -0.3 is 31.1 Å². The second-order valence-corrected chi connectivity index (χ2v) is 10.5. The zero-order valence-corrected chi connectivity index (χ0v) is 19.1. The third kappa shape index (κ3) is 3.41. The van der Waals surface area contributed by atoms with Gasteiger partial charge in [0, 0.05) is 18.5 Å². The minimum Gasteiger partial charge on any atom is -0.389 e. The number of aliphatic hydroxyl groups is 2. The van der Waals surface area contributed by atoms with Crippen molar-refractivity contribution in [3.63, 3.8) is 0 Å². The summed E-state index contributed by atoms with van der Waals surface area (Å²) < 4.78 is 1.76. The van der Waals surface area contributed by atoms with Gasteiger partial charge in [-0.05, 0) is 68.5 Å². The Morgan fingerprint density at radius 1 is 1.27 bits per heavy atom. The van der Waals surface area contributed by atoms with Gasteiger partial charge in [-0.3, -0.25) is 4.79 Å². The van der Waals surface area contributed by atoms with Crippen LogP contribution in [0.25, 0.3) is 11.2 Å². The molecule has 1 amide bonds. The summed E-state index contributed by atoms with van der Waals surface area (Å²) in [5.41, 5.74) is 5.63. The summed E-state index contributed by atoms with van der Waals surface area (Å²) in [4.78, 5) is 26.3. The number of rotatable bonds is 9. The summed E-state index contributed by atoms with van der Waals surface area (Å²) in [5, 5.41) is 28.3. The van der Waals surface area contributed by atoms with Crippen molar-refractivity contribution >= 4 is 34.5 Å². The first kappa shape index (κ1) is 21.5. The zero-order valence-electron chi connectivity index (χ0n) is 18.3. The minimum atomic E-state index is -1.16. The fraction of sp³-hybridized carbons (Fsp3) is 0.727. The van der Waals surface area contributed by atoms with Crippen molar-refractivity contribution in [3.8, 4) is 0 Å². The second-order valence-electron chi connectivity index (χ2n) is 10.2. The van der Waals surface area contributed by atoms with Gasteiger partial charge in [-0.2, -0.15) is 9.97 Å². The molecule has 10 nitrogen and oxygen atoms in total. The third-order valence-corrected chi connectivity index (χ3v) is 8.21. The Labute approximate surface area is 196 Å². The summed E-state index contributed by atoms with van der Waals surface area (Å²) in [6, 6.07) is -0.150. The number of hydrogen-bond donors (Lipinski definition) is 5. The lowest BCUT2D eigenvalue weighted by molar-refractivity contribution is -0.132. The van der Waals surface area contributed by atoms with E-state index in [1.54, 1.807) is 10.9 Å². The van der Waals surface area contributed by atoms with Crippen molar-refractivity contribution in [1.82, 2.24) is 24.8 Å². The van der Waals surface area contributed by atoms with Gasteiger partial charge in [0.25, 0.3) is 0 Å². The van der Waals surface area contributed by atoms with Crippen LogP contribution in [-0.2, 0) is 4.79 Å². The van der Waals surface area contributed by atoms with Crippen LogP contribution in [0.5, 0.6) is 0 Å². The lowest BCUT2D eigenvalue weighted by atomic mass is 9.98. The van der Waals surface area contributed by atoms with Crippen molar-refractivity contribution in [1.29, 1.82) is 0 Å². The highest BCUT2D eigenvalue weighted by Gasteiger charge is 2.75. The van der Waals surface area contributed by atoms with E-state index in [-0.39, 0.29) is 17.1 Å². The smallest absolute Gasteiger partial charge is 0.229 e. The highest BCUT2D eigenvalue weighted by molar-refractivity contribution is 6.28. The number of nitrogens with two attached hydrogens (primary N) is 1. The molecule has 5 atom stereocenters. The maximum absolute atomic E-state index is 12.9. The molecule has 0 spiro atoms. The number of aliphatic hydroxyl groups excluding tert-OH is 2. The first-order valence-electron chi connectivity index (χ1n) is 12.0. The topological polar surface area (TPSA) is 151 Å². The number of hydrogen-bond acceptors (Lipinski definition) is 8. The van der Waals surface area contributed by atoms with E-state index < -0.39 is 23.7 Å². The number of carbonyl (C=O) groups is 1. The third-order valence-electron chi connectivity index (χ3n) is 8.04. The Bertz CT molecular complexity index is 1080. The van der Waals surface area contributed by atoms with Crippen molar-refractivity contribution < 1.29 is 15.0 Å². The molecule has 33 heavy (non-hydrogen) atoms. The molecule has 4 fully saturated rings. The molecular formula is C22H30ClN7O3. The van der Waals surface area contributed by atoms with E-state index in [1.165, 1.54) is 25.7 Å². The summed E-state index contributed by atoms with van der Waals surface area (Å²) in [6.07, 6.45) is 5.42. The number of imidazole rings is 1. The Hall–Kier alpha value is -2.01. The molecule has 6 rings (SSSR count). The van der Waals surface area contributed by atoms with E-state index in [9.17, 15) is 15.0 Å². The predicted octanol–water partition coefficient (Wildman–Crippen LogP) is 0.828. The highest BCUT2D eigenvalue weighted by Crippen LogP contribution is 2.67. The van der Waals surface area contributed by atoms with Crippen molar-refractivity contribution in [2.75, 3.05) is 18.4 Å². The Balaban J connectivity index is 1.30. The first-order chi connectivity index (χ1) is 16.0. The molecule has 2 aromatic rings. The van der Waals surface area contributed by atoms with Crippen LogP contribution in [-0.4, -0.2) is 67.0 Å². The molecule has 6 N–H and O–H groups in total. The molecule has 0 aliphatic heterocycles. The largest absolute Gasteiger partial charge is 0.389 e. The van der Waals surface area contributed by atoms with Gasteiger partial charge in [-0.1, -0.05) is 0 Å². The lowest BCUT2D eigenvalue weighted by Gasteiger charge is -2.24. The number of aromatic nitrogens is 4. The first-order valence-corrected chi connectivity index (χ1v) is 12.3. The number of fused-ring (bicyclic) bond motifs is 2. The van der Waals surface area contributed by atoms with Crippen LogP contribution >= 0.6 is 11.6 Å². The number of halogens is 1. The van der Waals surface area contributed by atoms with E-state index in [4.69, 9.17) is 17.3 Å². The van der Waals surface area contributed by atoms with Crippen molar-refractivity contribution in [2.45, 2.75) is 62.8 Å². The van der Waals surface area contributed by atoms with Gasteiger partial charge in [-0.25, -0.2) is 4.98 Å². The van der Waals surface area contributed by atoms with Crippen LogP contribution < -0.4 is 16.4 Å². The number of nitrogens with one attached hydrogen (secondary N) is 2. The van der Waals surface area contributed by atoms with Crippen LogP contribution in [0.4, 0.5) is 5.82 Å². The number of amides is 1. The lowest BCUT2D eigenvalue weighted by Crippen LogP contribution is -2.43. The molecule has 2 heterocycles. The number of carbonyl (C=O) groups excluding carboxylic acids is 1. The van der Waals surface area contributed by atoms with Gasteiger partial charge in [0.1, 0.15) is 6.10 Å². The Kier molecular flexibility index (Phi) is 5.06. The predicted molar refractivity (Wildman–Crippen MR) is 121 cm³/mol. The van der Waals surface area contributed by atoms with Gasteiger partial charge in [0.05, 0.1) is 23.9 Å². The molecule has 11 heteroatoms. The van der Waals surface area contributed by atoms with E-state index in [2.05, 4.69) is 25.6 Å². The summed E-state index contributed by atoms with van der Waals surface area (Å²) >= 11 is 6.30. The van der Waals surface area contributed by atoms with Crippen molar-refractivity contribution in [3.05, 3.63) is 11.6 Å². The molecule has 0 bridgehead atoms. The molecule has 2 aromatic heterocycles. The number of anilines is 1. The average Bonchev–Trinajstić information content (AvgIpc) is 3.68. The molecule has 0 aromatic carbocycles. The molecule has 0 radical (unpaired) electrons. The molecule has 4 aliphatic carbocycles. The molecule has 4 saturated carbocycles. The van der Waals surface area contributed by atoms with Gasteiger partial charge in [0.15, 0.2) is 17.0 Å². The summed E-state index contributed by atoms with van der Waals surface area (Å²) in [5.74, 6) is 1.50. The summed E-state index contributed by atoms with van der Waals surface area (Å²) in [7, 11) is 0. The minimum absolute atomic E-state index is 0.103. The fourth-order valence-electron chi connectivity index (χ4n) is 5.92. The molecular weight excluding hydrogens is 446 g/mol. The maximum atomic E-state index is 12.9. The SMILES string of the molecule is NCCCNC(=O)[C@@]12C[C@@H]1[C@@H](n1cnc3c(NC(C4CC4)C4CC4)nc(Cl)nc31)[C@H](O)[C@@H]2O. The normalized spacial score (nSPS) is 32.9. The van der Waals surface area contributed by atoms with Crippen LogP contribution in [0.1, 0.15) is 44.6 Å². The maximum Gasteiger partial charge on any atom is 0.229 e. The van der Waals surface area contributed by atoms with Crippen LogP contribution in [0.15, 0.2) is 6.33 Å².